The molecule has 0 amide bonds. The minimum Gasteiger partial charge on any atom is -0.390 e. The number of likely N-dealkylation sites (N-methyl/N-ethyl adjacent to an activating group) is 1. The third-order valence-electron chi connectivity index (χ3n) is 1.13. The van der Waals surface area contributed by atoms with Gasteiger partial charge in [-0.25, -0.2) is 4.84 Å². The minimum absolute atomic E-state index is 0.167. The Hall–Kier alpha value is -0.120. The lowest BCUT2D eigenvalue weighted by atomic mass is 10.6. The average molecular weight is 120 g/mol. The maximum Gasteiger partial charge on any atom is 0.132 e. The summed E-state index contributed by atoms with van der Waals surface area (Å²) in [4.78, 5) is 4.96. The molecule has 0 rings (SSSR count). The number of rotatable bonds is 3. The van der Waals surface area contributed by atoms with Crippen LogP contribution >= 0.6 is 0 Å². The van der Waals surface area contributed by atoms with Gasteiger partial charge in [-0.1, -0.05) is 0 Å². The molecule has 0 spiro atoms. The van der Waals surface area contributed by atoms with Gasteiger partial charge >= 0.3 is 0 Å². The zero-order chi connectivity index (χ0) is 6.62. The summed E-state index contributed by atoms with van der Waals surface area (Å²) in [6.07, 6.45) is 0. The Morgan fingerprint density at radius 3 is 2.12 bits per heavy atom. The van der Waals surface area contributed by atoms with E-state index >= 15 is 0 Å². The number of aliphatic hydroxyl groups excluding tert-OH is 1. The molecule has 8 heavy (non-hydrogen) atoms. The molecule has 0 unspecified atom stereocenters. The fourth-order valence-electron chi connectivity index (χ4n) is 0.332. The molecule has 0 aromatic heterocycles. The number of nitrogens with zero attached hydrogens (tertiary/aromatic N) is 1. The Labute approximate surface area is 50.0 Å². The Morgan fingerprint density at radius 2 is 2.00 bits per heavy atom. The van der Waals surface area contributed by atoms with E-state index < -0.39 is 0 Å². The van der Waals surface area contributed by atoms with Crippen LogP contribution in [0.15, 0.2) is 0 Å². The summed E-state index contributed by atoms with van der Waals surface area (Å²) in [6.45, 7) is 0.803. The molecule has 0 aliphatic rings. The van der Waals surface area contributed by atoms with Crippen molar-refractivity contribution in [1.29, 1.82) is 0 Å². The van der Waals surface area contributed by atoms with Crippen LogP contribution in [0.2, 0.25) is 0 Å². The van der Waals surface area contributed by atoms with Crippen LogP contribution in [0.1, 0.15) is 0 Å². The number of hydrogen-bond donors (Lipinski definition) is 1. The van der Waals surface area contributed by atoms with Crippen molar-refractivity contribution in [3.05, 3.63) is 0 Å². The van der Waals surface area contributed by atoms with Gasteiger partial charge < -0.3 is 5.11 Å². The summed E-state index contributed by atoms with van der Waals surface area (Å²) in [6, 6.07) is 0. The molecule has 3 heteroatoms. The molecule has 0 aromatic rings. The minimum atomic E-state index is 0.167. The fourth-order valence-corrected chi connectivity index (χ4v) is 0.332. The maximum absolute atomic E-state index is 8.44. The van der Waals surface area contributed by atoms with Crippen LogP contribution in [0.4, 0.5) is 0 Å². The van der Waals surface area contributed by atoms with Gasteiger partial charge in [0.25, 0.3) is 0 Å². The average Bonchev–Trinajstić information content (AvgIpc) is 1.67. The van der Waals surface area contributed by atoms with E-state index in [4.69, 9.17) is 9.94 Å². The normalized spacial score (nSPS) is 12.0. The van der Waals surface area contributed by atoms with Gasteiger partial charge in [0.1, 0.15) is 6.54 Å². The third-order valence-corrected chi connectivity index (χ3v) is 1.13. The standard InChI is InChI=1S/C5H14NO2/c1-6(2,8-3)4-5-7/h7H,4-5H2,1-3H3/q+1. The second-order valence-corrected chi connectivity index (χ2v) is 2.20. The molecule has 0 saturated heterocycles. The summed E-state index contributed by atoms with van der Waals surface area (Å²) in [5, 5.41) is 8.44. The van der Waals surface area contributed by atoms with Gasteiger partial charge in [-0.05, 0) is 0 Å². The third kappa shape index (κ3) is 2.96. The molecule has 0 radical (unpaired) electrons. The first-order chi connectivity index (χ1) is 3.62. The van der Waals surface area contributed by atoms with Crippen molar-refractivity contribution in [2.75, 3.05) is 34.4 Å². The van der Waals surface area contributed by atoms with Gasteiger partial charge in [0.15, 0.2) is 0 Å². The first-order valence-electron chi connectivity index (χ1n) is 2.62. The summed E-state index contributed by atoms with van der Waals surface area (Å²) in [7, 11) is 5.39. The fraction of sp³-hybridized carbons (Fsp3) is 1.00. The number of hydroxylamine groups is 3. The molecule has 0 atom stereocenters. The van der Waals surface area contributed by atoms with Crippen molar-refractivity contribution in [2.24, 2.45) is 0 Å². The molecule has 0 fully saturated rings. The first-order valence-corrected chi connectivity index (χ1v) is 2.62. The molecule has 0 saturated carbocycles. The van der Waals surface area contributed by atoms with Crippen LogP contribution in [0.5, 0.6) is 0 Å². The molecule has 50 valence electrons. The van der Waals surface area contributed by atoms with E-state index in [0.717, 1.165) is 0 Å². The molecular formula is C5H14NO2+. The van der Waals surface area contributed by atoms with Crippen molar-refractivity contribution in [1.82, 2.24) is 0 Å². The van der Waals surface area contributed by atoms with Gasteiger partial charge in [0, 0.05) is 0 Å². The number of hydrogen-bond acceptors (Lipinski definition) is 2. The molecule has 0 aromatic carbocycles. The maximum atomic E-state index is 8.44. The molecule has 0 bridgehead atoms. The van der Waals surface area contributed by atoms with Crippen molar-refractivity contribution in [2.45, 2.75) is 0 Å². The lowest BCUT2D eigenvalue weighted by molar-refractivity contribution is -1.07. The monoisotopic (exact) mass is 120 g/mol. The van der Waals surface area contributed by atoms with Crippen LogP contribution in [-0.4, -0.2) is 44.1 Å². The zero-order valence-electron chi connectivity index (χ0n) is 5.72. The predicted molar refractivity (Wildman–Crippen MR) is 31.1 cm³/mol. The number of quaternary nitrogens is 1. The quantitative estimate of drug-likeness (QED) is 0.406. The van der Waals surface area contributed by atoms with Gasteiger partial charge in [-0.15, -0.1) is 0 Å². The molecule has 0 heterocycles. The second-order valence-electron chi connectivity index (χ2n) is 2.20. The van der Waals surface area contributed by atoms with E-state index in [1.165, 1.54) is 0 Å². The van der Waals surface area contributed by atoms with Gasteiger partial charge in [0.05, 0.1) is 27.8 Å². The molecular weight excluding hydrogens is 106 g/mol. The largest absolute Gasteiger partial charge is 0.390 e. The van der Waals surface area contributed by atoms with Crippen molar-refractivity contribution in [3.8, 4) is 0 Å². The van der Waals surface area contributed by atoms with Gasteiger partial charge in [0.2, 0.25) is 0 Å². The van der Waals surface area contributed by atoms with Crippen LogP contribution in [-0.2, 0) is 4.84 Å². The second kappa shape index (κ2) is 3.02. The van der Waals surface area contributed by atoms with E-state index in [2.05, 4.69) is 0 Å². The van der Waals surface area contributed by atoms with Crippen molar-refractivity contribution in [3.63, 3.8) is 0 Å². The van der Waals surface area contributed by atoms with Crippen molar-refractivity contribution >= 4 is 0 Å². The van der Waals surface area contributed by atoms with Crippen molar-refractivity contribution < 1.29 is 14.6 Å². The van der Waals surface area contributed by atoms with E-state index in [1.54, 1.807) is 7.11 Å². The van der Waals surface area contributed by atoms with Crippen LogP contribution in [0.3, 0.4) is 0 Å². The van der Waals surface area contributed by atoms with Gasteiger partial charge in [-0.3, -0.25) is 0 Å². The summed E-state index contributed by atoms with van der Waals surface area (Å²) < 4.78 is 0.413. The highest BCUT2D eigenvalue weighted by Gasteiger charge is 2.11. The predicted octanol–water partition coefficient (Wildman–Crippen LogP) is -0.383. The summed E-state index contributed by atoms with van der Waals surface area (Å²) in [5.74, 6) is 0. The molecule has 0 aliphatic carbocycles. The number of aliphatic hydroxyl groups is 1. The first kappa shape index (κ1) is 7.88. The molecule has 0 aliphatic heterocycles. The zero-order valence-corrected chi connectivity index (χ0v) is 5.72. The Bertz CT molecular complexity index is 63.4. The van der Waals surface area contributed by atoms with Crippen LogP contribution in [0, 0.1) is 0 Å². The van der Waals surface area contributed by atoms with E-state index in [-0.39, 0.29) is 6.61 Å². The smallest absolute Gasteiger partial charge is 0.132 e. The van der Waals surface area contributed by atoms with Crippen LogP contribution in [0.25, 0.3) is 0 Å². The summed E-state index contributed by atoms with van der Waals surface area (Å²) in [5.41, 5.74) is 0. The molecule has 1 N–H and O–H groups in total. The lowest BCUT2D eigenvalue weighted by Crippen LogP contribution is -2.40. The highest BCUT2D eigenvalue weighted by atomic mass is 16.7. The lowest BCUT2D eigenvalue weighted by Gasteiger charge is -2.23. The van der Waals surface area contributed by atoms with E-state index in [1.807, 2.05) is 14.1 Å². The topological polar surface area (TPSA) is 29.5 Å². The Kier molecular flexibility index (Phi) is 2.97. The molecule has 3 nitrogen and oxygen atoms in total. The van der Waals surface area contributed by atoms with E-state index in [9.17, 15) is 0 Å². The SMILES string of the molecule is CO[N+](C)(C)CCO. The highest BCUT2D eigenvalue weighted by Crippen LogP contribution is 1.92. The highest BCUT2D eigenvalue weighted by molar-refractivity contribution is 4.16. The van der Waals surface area contributed by atoms with Gasteiger partial charge in [-0.2, -0.15) is 4.65 Å². The van der Waals surface area contributed by atoms with E-state index in [0.29, 0.717) is 11.2 Å². The summed E-state index contributed by atoms with van der Waals surface area (Å²) >= 11 is 0. The van der Waals surface area contributed by atoms with Crippen LogP contribution < -0.4 is 0 Å². The Morgan fingerprint density at radius 1 is 1.50 bits per heavy atom. The Balaban J connectivity index is 3.37.